The highest BCUT2D eigenvalue weighted by Crippen LogP contribution is 2.15. The van der Waals surface area contributed by atoms with Crippen LogP contribution in [-0.2, 0) is 4.79 Å². The highest BCUT2D eigenvalue weighted by Gasteiger charge is 2.20. The largest absolute Gasteiger partial charge is 0.394 e. The SMILES string of the molecule is CCCCCCCCCCCCCC/C=C/CC/C=C/C(O)C(CO)NC(=O)CC(O)CCCCCCCCCCCCCCCC. The second kappa shape index (κ2) is 37.6. The standard InChI is InChI=1S/C42H81NO4/c1-3-5-7-9-11-13-15-17-19-20-21-22-24-26-28-30-32-34-36-41(46)40(38-44)43-42(47)37-39(45)35-33-31-29-27-25-23-18-16-14-12-10-8-6-4-2/h26,28,34,36,39-41,44-46H,3-25,27,29-33,35,37-38H2,1-2H3,(H,43,47)/b28-26+,36-34+. The number of rotatable bonds is 37. The summed E-state index contributed by atoms with van der Waals surface area (Å²) in [4.78, 5) is 12.4. The molecule has 0 aromatic carbocycles. The van der Waals surface area contributed by atoms with Crippen LogP contribution in [0.25, 0.3) is 0 Å². The molecule has 5 heteroatoms. The van der Waals surface area contributed by atoms with Gasteiger partial charge in [0.1, 0.15) is 0 Å². The van der Waals surface area contributed by atoms with Gasteiger partial charge in [0.25, 0.3) is 0 Å². The summed E-state index contributed by atoms with van der Waals surface area (Å²) in [5, 5.41) is 33.1. The molecule has 278 valence electrons. The minimum absolute atomic E-state index is 0.00929. The first kappa shape index (κ1) is 45.8. The zero-order chi connectivity index (χ0) is 34.5. The summed E-state index contributed by atoms with van der Waals surface area (Å²) in [6.45, 7) is 4.20. The Balaban J connectivity index is 3.73. The summed E-state index contributed by atoms with van der Waals surface area (Å²) in [7, 11) is 0. The quantitative estimate of drug-likeness (QED) is 0.0393. The van der Waals surface area contributed by atoms with Gasteiger partial charge in [-0.15, -0.1) is 0 Å². The van der Waals surface area contributed by atoms with Crippen LogP contribution < -0.4 is 5.32 Å². The van der Waals surface area contributed by atoms with Gasteiger partial charge in [0.15, 0.2) is 0 Å². The number of amides is 1. The van der Waals surface area contributed by atoms with Crippen LogP contribution in [0.4, 0.5) is 0 Å². The smallest absolute Gasteiger partial charge is 0.222 e. The summed E-state index contributed by atoms with van der Waals surface area (Å²) in [6, 6.07) is -0.756. The number of nitrogens with one attached hydrogen (secondary N) is 1. The lowest BCUT2D eigenvalue weighted by atomic mass is 10.0. The molecule has 0 bridgehead atoms. The number of aliphatic hydroxyl groups excluding tert-OH is 3. The molecule has 0 rings (SSSR count). The van der Waals surface area contributed by atoms with Crippen molar-refractivity contribution in [2.45, 2.75) is 231 Å². The van der Waals surface area contributed by atoms with Crippen molar-refractivity contribution in [2.24, 2.45) is 0 Å². The maximum Gasteiger partial charge on any atom is 0.222 e. The molecule has 4 N–H and O–H groups in total. The van der Waals surface area contributed by atoms with E-state index in [1.165, 1.54) is 154 Å². The second-order valence-corrected chi connectivity index (χ2v) is 14.2. The van der Waals surface area contributed by atoms with Gasteiger partial charge in [-0.3, -0.25) is 4.79 Å². The van der Waals surface area contributed by atoms with E-state index in [-0.39, 0.29) is 18.9 Å². The summed E-state index contributed by atoms with van der Waals surface area (Å²) >= 11 is 0. The van der Waals surface area contributed by atoms with Gasteiger partial charge in [0, 0.05) is 0 Å². The molecule has 0 fully saturated rings. The van der Waals surface area contributed by atoms with Gasteiger partial charge in [-0.05, 0) is 32.1 Å². The third kappa shape index (κ3) is 34.5. The fourth-order valence-electron chi connectivity index (χ4n) is 6.30. The van der Waals surface area contributed by atoms with Gasteiger partial charge < -0.3 is 20.6 Å². The van der Waals surface area contributed by atoms with Gasteiger partial charge in [0.05, 0.1) is 31.3 Å². The first-order valence-corrected chi connectivity index (χ1v) is 20.6. The average Bonchev–Trinajstić information content (AvgIpc) is 3.06. The number of allylic oxidation sites excluding steroid dienone is 3. The van der Waals surface area contributed by atoms with Crippen LogP contribution >= 0.6 is 0 Å². The van der Waals surface area contributed by atoms with E-state index in [9.17, 15) is 20.1 Å². The molecule has 0 aliphatic rings. The van der Waals surface area contributed by atoms with Gasteiger partial charge in [-0.1, -0.05) is 199 Å². The molecule has 0 aromatic rings. The molecule has 0 heterocycles. The molecule has 47 heavy (non-hydrogen) atoms. The van der Waals surface area contributed by atoms with E-state index >= 15 is 0 Å². The number of unbranched alkanes of at least 4 members (excludes halogenated alkanes) is 26. The highest BCUT2D eigenvalue weighted by molar-refractivity contribution is 5.76. The van der Waals surface area contributed by atoms with Crippen LogP contribution in [0.3, 0.4) is 0 Å². The lowest BCUT2D eigenvalue weighted by Crippen LogP contribution is -2.45. The maximum absolute atomic E-state index is 12.4. The van der Waals surface area contributed by atoms with E-state index in [1.807, 2.05) is 6.08 Å². The molecule has 0 radical (unpaired) electrons. The van der Waals surface area contributed by atoms with E-state index in [4.69, 9.17) is 0 Å². The van der Waals surface area contributed by atoms with Crippen molar-refractivity contribution in [1.29, 1.82) is 0 Å². The van der Waals surface area contributed by atoms with E-state index < -0.39 is 18.2 Å². The number of carbonyl (C=O) groups is 1. The Labute approximate surface area is 292 Å². The number of carbonyl (C=O) groups excluding carboxylic acids is 1. The fourth-order valence-corrected chi connectivity index (χ4v) is 6.30. The Morgan fingerprint density at radius 1 is 0.532 bits per heavy atom. The first-order valence-electron chi connectivity index (χ1n) is 20.6. The van der Waals surface area contributed by atoms with Crippen LogP contribution in [-0.4, -0.2) is 46.1 Å². The van der Waals surface area contributed by atoms with E-state index in [1.54, 1.807) is 6.08 Å². The van der Waals surface area contributed by atoms with Crippen LogP contribution in [0.5, 0.6) is 0 Å². The van der Waals surface area contributed by atoms with Crippen molar-refractivity contribution >= 4 is 5.91 Å². The van der Waals surface area contributed by atoms with Crippen molar-refractivity contribution in [3.8, 4) is 0 Å². The zero-order valence-corrected chi connectivity index (χ0v) is 31.4. The van der Waals surface area contributed by atoms with E-state index in [2.05, 4.69) is 31.3 Å². The Morgan fingerprint density at radius 2 is 0.915 bits per heavy atom. The second-order valence-electron chi connectivity index (χ2n) is 14.2. The van der Waals surface area contributed by atoms with Gasteiger partial charge in [0.2, 0.25) is 5.91 Å². The average molecular weight is 664 g/mol. The molecule has 0 aliphatic carbocycles. The van der Waals surface area contributed by atoms with Crippen molar-refractivity contribution in [1.82, 2.24) is 5.32 Å². The molecule has 0 saturated carbocycles. The van der Waals surface area contributed by atoms with Gasteiger partial charge in [-0.2, -0.15) is 0 Å². The minimum atomic E-state index is -0.947. The molecule has 0 spiro atoms. The van der Waals surface area contributed by atoms with Crippen molar-refractivity contribution in [2.75, 3.05) is 6.61 Å². The Morgan fingerprint density at radius 3 is 1.36 bits per heavy atom. The molecule has 0 aliphatic heterocycles. The van der Waals surface area contributed by atoms with Crippen LogP contribution in [0, 0.1) is 0 Å². The molecular weight excluding hydrogens is 582 g/mol. The Kier molecular flexibility index (Phi) is 36.7. The Hall–Kier alpha value is -1.17. The molecule has 1 amide bonds. The Bertz CT molecular complexity index is 694. The van der Waals surface area contributed by atoms with Gasteiger partial charge >= 0.3 is 0 Å². The van der Waals surface area contributed by atoms with Crippen LogP contribution in [0.15, 0.2) is 24.3 Å². The van der Waals surface area contributed by atoms with E-state index in [0.717, 1.165) is 32.1 Å². The summed E-state index contributed by atoms with van der Waals surface area (Å²) < 4.78 is 0. The minimum Gasteiger partial charge on any atom is -0.394 e. The molecule has 0 aromatic heterocycles. The predicted octanol–water partition coefficient (Wildman–Crippen LogP) is 11.4. The molecule has 5 nitrogen and oxygen atoms in total. The van der Waals surface area contributed by atoms with Crippen molar-refractivity contribution in [3.05, 3.63) is 24.3 Å². The summed E-state index contributed by atoms with van der Waals surface area (Å²) in [5.41, 5.74) is 0. The summed E-state index contributed by atoms with van der Waals surface area (Å²) in [6.07, 6.45) is 44.5. The lowest BCUT2D eigenvalue weighted by Gasteiger charge is -2.21. The van der Waals surface area contributed by atoms with Crippen molar-refractivity contribution < 1.29 is 20.1 Å². The van der Waals surface area contributed by atoms with Crippen LogP contribution in [0.2, 0.25) is 0 Å². The predicted molar refractivity (Wildman–Crippen MR) is 204 cm³/mol. The monoisotopic (exact) mass is 664 g/mol. The molecule has 3 atom stereocenters. The molecule has 3 unspecified atom stereocenters. The van der Waals surface area contributed by atoms with Crippen molar-refractivity contribution in [3.63, 3.8) is 0 Å². The molecular formula is C42H81NO4. The first-order chi connectivity index (χ1) is 23.0. The maximum atomic E-state index is 12.4. The van der Waals surface area contributed by atoms with E-state index in [0.29, 0.717) is 6.42 Å². The number of aliphatic hydroxyl groups is 3. The topological polar surface area (TPSA) is 89.8 Å². The third-order valence-electron chi connectivity index (χ3n) is 9.49. The number of hydrogen-bond acceptors (Lipinski definition) is 4. The third-order valence-corrected chi connectivity index (χ3v) is 9.49. The van der Waals surface area contributed by atoms with Crippen LogP contribution in [0.1, 0.15) is 213 Å². The zero-order valence-electron chi connectivity index (χ0n) is 31.4. The normalized spacial score (nSPS) is 13.9. The summed E-state index contributed by atoms with van der Waals surface area (Å²) in [5.74, 6) is -0.324. The van der Waals surface area contributed by atoms with Gasteiger partial charge in [-0.25, -0.2) is 0 Å². The fraction of sp³-hybridized carbons (Fsp3) is 0.881. The highest BCUT2D eigenvalue weighted by atomic mass is 16.3. The molecule has 0 saturated heterocycles. The lowest BCUT2D eigenvalue weighted by molar-refractivity contribution is -0.124. The number of hydrogen-bond donors (Lipinski definition) is 4.